The molecule has 4 rings (SSSR count). The number of alkyl halides is 3. The molecule has 0 unspecified atom stereocenters. The van der Waals surface area contributed by atoms with E-state index in [0.717, 1.165) is 10.2 Å². The smallest absolute Gasteiger partial charge is 0.363 e. The number of hydrogen-bond donors (Lipinski definition) is 1. The van der Waals surface area contributed by atoms with Crippen molar-refractivity contribution in [2.75, 3.05) is 12.4 Å². The summed E-state index contributed by atoms with van der Waals surface area (Å²) in [7, 11) is 1.60. The van der Waals surface area contributed by atoms with Gasteiger partial charge in [0.05, 0.1) is 6.04 Å². The number of rotatable bonds is 4. The summed E-state index contributed by atoms with van der Waals surface area (Å²) >= 11 is 5.90. The second-order valence-corrected chi connectivity index (χ2v) is 7.98. The summed E-state index contributed by atoms with van der Waals surface area (Å²) in [5, 5.41) is 7.62. The van der Waals surface area contributed by atoms with Crippen LogP contribution in [0.1, 0.15) is 40.1 Å². The third-order valence-electron chi connectivity index (χ3n) is 5.29. The highest BCUT2D eigenvalue weighted by atomic mass is 35.5. The Morgan fingerprint density at radius 1 is 1.19 bits per heavy atom. The van der Waals surface area contributed by atoms with E-state index in [0.29, 0.717) is 17.1 Å². The predicted octanol–water partition coefficient (Wildman–Crippen LogP) is 5.47. The molecule has 0 saturated heterocycles. The van der Waals surface area contributed by atoms with Gasteiger partial charge >= 0.3 is 6.18 Å². The SMILES string of the molecule is CN(Cc1ccccc1)C(=O)c1cc2n(n1)[C@H](C(F)(F)F)C[C@H](c1ccc(Cl)cc1)N2. The average molecular weight is 449 g/mol. The zero-order chi connectivity index (χ0) is 22.2. The van der Waals surface area contributed by atoms with Crippen LogP contribution in [0.25, 0.3) is 0 Å². The summed E-state index contributed by atoms with van der Waals surface area (Å²) < 4.78 is 42.3. The topological polar surface area (TPSA) is 50.2 Å². The van der Waals surface area contributed by atoms with Gasteiger partial charge < -0.3 is 10.2 Å². The molecule has 0 spiro atoms. The molecule has 0 saturated carbocycles. The number of aromatic nitrogens is 2. The number of nitrogens with one attached hydrogen (secondary N) is 1. The molecule has 5 nitrogen and oxygen atoms in total. The van der Waals surface area contributed by atoms with E-state index in [1.54, 1.807) is 31.3 Å². The van der Waals surface area contributed by atoms with Crippen molar-refractivity contribution in [1.29, 1.82) is 0 Å². The van der Waals surface area contributed by atoms with Crippen LogP contribution in [-0.4, -0.2) is 33.8 Å². The quantitative estimate of drug-likeness (QED) is 0.576. The highest BCUT2D eigenvalue weighted by Gasteiger charge is 2.46. The van der Waals surface area contributed by atoms with Crippen LogP contribution < -0.4 is 5.32 Å². The fraction of sp³-hybridized carbons (Fsp3) is 0.273. The van der Waals surface area contributed by atoms with Crippen molar-refractivity contribution < 1.29 is 18.0 Å². The van der Waals surface area contributed by atoms with Crippen LogP contribution in [0, 0.1) is 0 Å². The molecule has 1 N–H and O–H groups in total. The lowest BCUT2D eigenvalue weighted by atomic mass is 9.97. The van der Waals surface area contributed by atoms with Crippen molar-refractivity contribution in [2.24, 2.45) is 0 Å². The van der Waals surface area contributed by atoms with Gasteiger partial charge in [0.1, 0.15) is 5.82 Å². The van der Waals surface area contributed by atoms with Crippen molar-refractivity contribution in [3.8, 4) is 0 Å². The molecule has 1 aromatic heterocycles. The van der Waals surface area contributed by atoms with Crippen molar-refractivity contribution in [1.82, 2.24) is 14.7 Å². The molecular weight excluding hydrogens is 429 g/mol. The summed E-state index contributed by atoms with van der Waals surface area (Å²) in [6, 6.07) is 15.0. The molecule has 31 heavy (non-hydrogen) atoms. The molecule has 1 amide bonds. The van der Waals surface area contributed by atoms with E-state index in [2.05, 4.69) is 10.4 Å². The largest absolute Gasteiger partial charge is 0.410 e. The summed E-state index contributed by atoms with van der Waals surface area (Å²) in [4.78, 5) is 14.3. The van der Waals surface area contributed by atoms with Crippen LogP contribution in [0.2, 0.25) is 5.02 Å². The lowest BCUT2D eigenvalue weighted by molar-refractivity contribution is -0.173. The van der Waals surface area contributed by atoms with Crippen molar-refractivity contribution >= 4 is 23.3 Å². The molecule has 2 aromatic carbocycles. The number of amides is 1. The molecule has 0 aliphatic carbocycles. The number of fused-ring (bicyclic) bond motifs is 1. The maximum atomic E-state index is 13.8. The molecule has 2 atom stereocenters. The number of halogens is 4. The Labute approximate surface area is 182 Å². The lowest BCUT2D eigenvalue weighted by Gasteiger charge is -2.33. The minimum absolute atomic E-state index is 0.0352. The molecule has 1 aliphatic heterocycles. The molecule has 0 fully saturated rings. The molecule has 9 heteroatoms. The van der Waals surface area contributed by atoms with Gasteiger partial charge in [-0.3, -0.25) is 4.79 Å². The van der Waals surface area contributed by atoms with Crippen LogP contribution in [0.3, 0.4) is 0 Å². The summed E-state index contributed by atoms with van der Waals surface area (Å²) in [5.41, 5.74) is 1.56. The van der Waals surface area contributed by atoms with Crippen LogP contribution in [-0.2, 0) is 6.54 Å². The minimum Gasteiger partial charge on any atom is -0.363 e. The third kappa shape index (κ3) is 4.54. The second kappa shape index (κ2) is 8.26. The van der Waals surface area contributed by atoms with Gasteiger partial charge in [-0.15, -0.1) is 0 Å². The van der Waals surface area contributed by atoms with Gasteiger partial charge in [-0.2, -0.15) is 18.3 Å². The van der Waals surface area contributed by atoms with Gasteiger partial charge in [0.15, 0.2) is 11.7 Å². The van der Waals surface area contributed by atoms with Crippen molar-refractivity contribution in [3.63, 3.8) is 0 Å². The van der Waals surface area contributed by atoms with Gasteiger partial charge in [-0.1, -0.05) is 54.1 Å². The Morgan fingerprint density at radius 3 is 2.52 bits per heavy atom. The summed E-state index contributed by atoms with van der Waals surface area (Å²) in [6.07, 6.45) is -4.75. The van der Waals surface area contributed by atoms with E-state index >= 15 is 0 Å². The maximum Gasteiger partial charge on any atom is 0.410 e. The van der Waals surface area contributed by atoms with E-state index in [1.807, 2.05) is 30.3 Å². The molecule has 2 heterocycles. The van der Waals surface area contributed by atoms with E-state index in [-0.39, 0.29) is 17.9 Å². The normalized spacial score (nSPS) is 18.2. The van der Waals surface area contributed by atoms with Crippen LogP contribution in [0.15, 0.2) is 60.7 Å². The van der Waals surface area contributed by atoms with Crippen molar-refractivity contribution in [3.05, 3.63) is 82.5 Å². The van der Waals surface area contributed by atoms with Gasteiger partial charge in [0, 0.05) is 31.1 Å². The Bertz CT molecular complexity index is 1070. The van der Waals surface area contributed by atoms with Crippen molar-refractivity contribution in [2.45, 2.75) is 31.2 Å². The van der Waals surface area contributed by atoms with Crippen LogP contribution >= 0.6 is 11.6 Å². The molecule has 162 valence electrons. The standard InChI is InChI=1S/C22H20ClF3N4O/c1-29(13-14-5-3-2-4-6-14)21(31)18-12-20-27-17(15-7-9-16(23)10-8-15)11-19(22(24,25)26)30(20)28-18/h2-10,12,17,19,27H,11,13H2,1H3/t17-,19+/m1/s1. The maximum absolute atomic E-state index is 13.8. The predicted molar refractivity (Wildman–Crippen MR) is 112 cm³/mol. The molecule has 3 aromatic rings. The number of carbonyl (C=O) groups is 1. The Balaban J connectivity index is 1.61. The monoisotopic (exact) mass is 448 g/mol. The van der Waals surface area contributed by atoms with Gasteiger partial charge in [-0.25, -0.2) is 4.68 Å². The fourth-order valence-corrected chi connectivity index (χ4v) is 3.84. The summed E-state index contributed by atoms with van der Waals surface area (Å²) in [6.45, 7) is 0.325. The Kier molecular flexibility index (Phi) is 5.66. The molecule has 0 radical (unpaired) electrons. The summed E-state index contributed by atoms with van der Waals surface area (Å²) in [5.74, 6) is -0.290. The number of hydrogen-bond acceptors (Lipinski definition) is 3. The lowest BCUT2D eigenvalue weighted by Crippen LogP contribution is -2.35. The number of nitrogens with zero attached hydrogens (tertiary/aromatic N) is 3. The van der Waals surface area contributed by atoms with E-state index in [4.69, 9.17) is 11.6 Å². The molecule has 0 bridgehead atoms. The minimum atomic E-state index is -4.51. The number of anilines is 1. The highest BCUT2D eigenvalue weighted by molar-refractivity contribution is 6.30. The van der Waals surface area contributed by atoms with Gasteiger partial charge in [0.2, 0.25) is 0 Å². The first-order chi connectivity index (χ1) is 14.7. The highest BCUT2D eigenvalue weighted by Crippen LogP contribution is 2.43. The van der Waals surface area contributed by atoms with Gasteiger partial charge in [0.25, 0.3) is 5.91 Å². The Morgan fingerprint density at radius 2 is 1.87 bits per heavy atom. The fourth-order valence-electron chi connectivity index (χ4n) is 3.72. The van der Waals surface area contributed by atoms with Gasteiger partial charge in [-0.05, 0) is 23.3 Å². The van der Waals surface area contributed by atoms with E-state index < -0.39 is 24.2 Å². The first kappa shape index (κ1) is 21.2. The zero-order valence-corrected chi connectivity index (χ0v) is 17.4. The van der Waals surface area contributed by atoms with E-state index in [1.165, 1.54) is 11.0 Å². The zero-order valence-electron chi connectivity index (χ0n) is 16.6. The first-order valence-electron chi connectivity index (χ1n) is 9.70. The van der Waals surface area contributed by atoms with E-state index in [9.17, 15) is 18.0 Å². The second-order valence-electron chi connectivity index (χ2n) is 7.55. The Hall–Kier alpha value is -3.00. The average Bonchev–Trinajstić information content (AvgIpc) is 3.17. The third-order valence-corrected chi connectivity index (χ3v) is 5.54. The van der Waals surface area contributed by atoms with Crippen LogP contribution in [0.5, 0.6) is 0 Å². The number of carbonyl (C=O) groups excluding carboxylic acids is 1. The van der Waals surface area contributed by atoms with Crippen LogP contribution in [0.4, 0.5) is 19.0 Å². The number of benzene rings is 2. The molecule has 1 aliphatic rings. The molecular formula is C22H20ClF3N4O. The first-order valence-corrected chi connectivity index (χ1v) is 10.1.